The topological polar surface area (TPSA) is 76.5 Å². The van der Waals surface area contributed by atoms with Gasteiger partial charge >= 0.3 is 12.1 Å². The molecule has 4 nitrogen and oxygen atoms in total. The highest BCUT2D eigenvalue weighted by Crippen LogP contribution is 2.39. The van der Waals surface area contributed by atoms with Crippen molar-refractivity contribution in [1.29, 1.82) is 0 Å². The van der Waals surface area contributed by atoms with Crippen LogP contribution in [-0.4, -0.2) is 11.1 Å². The van der Waals surface area contributed by atoms with Gasteiger partial charge in [-0.05, 0) is 30.3 Å². The molecule has 0 aliphatic carbocycles. The number of halogens is 4. The second-order valence-corrected chi connectivity index (χ2v) is 5.51. The summed E-state index contributed by atoms with van der Waals surface area (Å²) in [6.07, 6.45) is -4.92. The minimum Gasteiger partial charge on any atom is -0.481 e. The van der Waals surface area contributed by atoms with Gasteiger partial charge in [0.1, 0.15) is 11.5 Å². The van der Waals surface area contributed by atoms with E-state index in [-0.39, 0.29) is 28.0 Å². The van der Waals surface area contributed by atoms with Gasteiger partial charge in [0.15, 0.2) is 0 Å². The fourth-order valence-corrected chi connectivity index (χ4v) is 2.31. The van der Waals surface area contributed by atoms with Crippen LogP contribution in [0, 0.1) is 0 Å². The van der Waals surface area contributed by atoms with E-state index in [1.807, 2.05) is 0 Å². The molecule has 0 radical (unpaired) electrons. The van der Waals surface area contributed by atoms with Gasteiger partial charge < -0.3 is 15.3 Å². The SMILES string of the molecule is NC(CC(=O)O)c1ccc(-c2ccc(Br)cc2C(F)(F)F)o1. The van der Waals surface area contributed by atoms with Crippen LogP contribution in [-0.2, 0) is 11.0 Å². The third kappa shape index (κ3) is 3.69. The lowest BCUT2D eigenvalue weighted by Gasteiger charge is -2.12. The summed E-state index contributed by atoms with van der Waals surface area (Å²) < 4.78 is 44.9. The zero-order valence-electron chi connectivity index (χ0n) is 11.0. The van der Waals surface area contributed by atoms with Crippen LogP contribution in [0.4, 0.5) is 13.2 Å². The molecule has 118 valence electrons. The minimum atomic E-state index is -4.55. The van der Waals surface area contributed by atoms with Crippen molar-refractivity contribution in [2.75, 3.05) is 0 Å². The number of hydrogen-bond acceptors (Lipinski definition) is 3. The fourth-order valence-electron chi connectivity index (χ4n) is 1.95. The molecule has 0 aliphatic rings. The summed E-state index contributed by atoms with van der Waals surface area (Å²) >= 11 is 3.00. The highest BCUT2D eigenvalue weighted by Gasteiger charge is 2.34. The molecule has 0 fully saturated rings. The van der Waals surface area contributed by atoms with E-state index in [9.17, 15) is 18.0 Å². The Morgan fingerprint density at radius 3 is 2.59 bits per heavy atom. The number of alkyl halides is 3. The first-order valence-corrected chi connectivity index (χ1v) is 6.92. The Morgan fingerprint density at radius 2 is 2.00 bits per heavy atom. The molecule has 1 unspecified atom stereocenters. The number of benzene rings is 1. The van der Waals surface area contributed by atoms with Crippen molar-refractivity contribution in [3.63, 3.8) is 0 Å². The van der Waals surface area contributed by atoms with Crippen molar-refractivity contribution in [2.45, 2.75) is 18.6 Å². The van der Waals surface area contributed by atoms with E-state index < -0.39 is 23.8 Å². The van der Waals surface area contributed by atoms with Crippen molar-refractivity contribution < 1.29 is 27.5 Å². The summed E-state index contributed by atoms with van der Waals surface area (Å²) in [7, 11) is 0. The minimum absolute atomic E-state index is 0.0179. The van der Waals surface area contributed by atoms with Crippen LogP contribution >= 0.6 is 15.9 Å². The van der Waals surface area contributed by atoms with E-state index >= 15 is 0 Å². The van der Waals surface area contributed by atoms with Gasteiger partial charge in [0, 0.05) is 10.0 Å². The summed E-state index contributed by atoms with van der Waals surface area (Å²) in [6.45, 7) is 0. The molecule has 0 saturated carbocycles. The molecule has 8 heteroatoms. The third-order valence-electron chi connectivity index (χ3n) is 2.94. The smallest absolute Gasteiger partial charge is 0.417 e. The number of hydrogen-bond donors (Lipinski definition) is 2. The number of furan rings is 1. The molecule has 1 atom stereocenters. The average molecular weight is 378 g/mol. The first kappa shape index (κ1) is 16.6. The van der Waals surface area contributed by atoms with Crippen LogP contribution in [0.5, 0.6) is 0 Å². The van der Waals surface area contributed by atoms with Gasteiger partial charge in [0.2, 0.25) is 0 Å². The first-order chi connectivity index (χ1) is 10.2. The van der Waals surface area contributed by atoms with Crippen LogP contribution in [0.3, 0.4) is 0 Å². The second kappa shape index (κ2) is 6.13. The fraction of sp³-hybridized carbons (Fsp3) is 0.214. The molecule has 2 rings (SSSR count). The Labute approximate surface area is 131 Å². The van der Waals surface area contributed by atoms with E-state index in [0.29, 0.717) is 0 Å². The standard InChI is InChI=1S/C14H11BrF3NO3/c15-7-1-2-8(9(5-7)14(16,17)18)11-3-4-12(22-11)10(19)6-13(20)21/h1-5,10H,6,19H2,(H,20,21). The van der Waals surface area contributed by atoms with Crippen molar-refractivity contribution in [1.82, 2.24) is 0 Å². The normalized spacial score (nSPS) is 13.1. The summed E-state index contributed by atoms with van der Waals surface area (Å²) in [5.41, 5.74) is 4.64. The Hall–Kier alpha value is -1.80. The van der Waals surface area contributed by atoms with Gasteiger partial charge in [-0.1, -0.05) is 15.9 Å². The molecular weight excluding hydrogens is 367 g/mol. The van der Waals surface area contributed by atoms with Crippen molar-refractivity contribution >= 4 is 21.9 Å². The zero-order chi connectivity index (χ0) is 16.5. The lowest BCUT2D eigenvalue weighted by Crippen LogP contribution is -2.14. The predicted octanol–water partition coefficient (Wildman–Crippen LogP) is 4.20. The maximum atomic E-state index is 13.1. The predicted molar refractivity (Wildman–Crippen MR) is 76.0 cm³/mol. The molecule has 1 heterocycles. The molecule has 22 heavy (non-hydrogen) atoms. The number of nitrogens with two attached hydrogens (primary N) is 1. The van der Waals surface area contributed by atoms with E-state index in [0.717, 1.165) is 6.07 Å². The highest BCUT2D eigenvalue weighted by atomic mass is 79.9. The van der Waals surface area contributed by atoms with Crippen molar-refractivity contribution in [3.8, 4) is 11.3 Å². The maximum absolute atomic E-state index is 13.1. The number of aliphatic carboxylic acids is 1. The second-order valence-electron chi connectivity index (χ2n) is 4.59. The van der Waals surface area contributed by atoms with Gasteiger partial charge in [-0.15, -0.1) is 0 Å². The van der Waals surface area contributed by atoms with Gasteiger partial charge in [-0.3, -0.25) is 4.79 Å². The molecule has 0 spiro atoms. The van der Waals surface area contributed by atoms with Crippen molar-refractivity contribution in [3.05, 3.63) is 46.1 Å². The van der Waals surface area contributed by atoms with E-state index in [1.165, 1.54) is 24.3 Å². The van der Waals surface area contributed by atoms with Gasteiger partial charge in [-0.2, -0.15) is 13.2 Å². The number of carboxylic acids is 1. The van der Waals surface area contributed by atoms with Crippen molar-refractivity contribution in [2.24, 2.45) is 5.73 Å². The van der Waals surface area contributed by atoms with E-state index in [4.69, 9.17) is 15.3 Å². The van der Waals surface area contributed by atoms with Crippen LogP contribution in [0.15, 0.2) is 39.2 Å². The molecule has 0 saturated heterocycles. The number of carboxylic acid groups (broad SMARTS) is 1. The molecule has 0 aliphatic heterocycles. The maximum Gasteiger partial charge on any atom is 0.417 e. The Bertz CT molecular complexity index is 697. The van der Waals surface area contributed by atoms with Gasteiger partial charge in [0.25, 0.3) is 0 Å². The molecule has 0 amide bonds. The Morgan fingerprint density at radius 1 is 1.32 bits per heavy atom. The largest absolute Gasteiger partial charge is 0.481 e. The van der Waals surface area contributed by atoms with Crippen LogP contribution in [0.1, 0.15) is 23.8 Å². The van der Waals surface area contributed by atoms with E-state index in [1.54, 1.807) is 0 Å². The average Bonchev–Trinajstić information content (AvgIpc) is 2.86. The Balaban J connectivity index is 2.41. The third-order valence-corrected chi connectivity index (χ3v) is 3.43. The number of rotatable bonds is 4. The quantitative estimate of drug-likeness (QED) is 0.836. The molecule has 1 aromatic heterocycles. The molecule has 1 aromatic carbocycles. The lowest BCUT2D eigenvalue weighted by molar-refractivity contribution is -0.138. The summed E-state index contributed by atoms with van der Waals surface area (Å²) in [5, 5.41) is 8.67. The zero-order valence-corrected chi connectivity index (χ0v) is 12.6. The lowest BCUT2D eigenvalue weighted by atomic mass is 10.1. The molecule has 0 bridgehead atoms. The molecular formula is C14H11BrF3NO3. The molecule has 2 aromatic rings. The van der Waals surface area contributed by atoms with Crippen LogP contribution < -0.4 is 5.73 Å². The first-order valence-electron chi connectivity index (χ1n) is 6.12. The van der Waals surface area contributed by atoms with Crippen LogP contribution in [0.25, 0.3) is 11.3 Å². The summed E-state index contributed by atoms with van der Waals surface area (Å²) in [6, 6.07) is 5.49. The highest BCUT2D eigenvalue weighted by molar-refractivity contribution is 9.10. The summed E-state index contributed by atoms with van der Waals surface area (Å²) in [5.74, 6) is -1.02. The molecule has 3 N–H and O–H groups in total. The monoisotopic (exact) mass is 377 g/mol. The number of carbonyl (C=O) groups is 1. The summed E-state index contributed by atoms with van der Waals surface area (Å²) in [4.78, 5) is 10.6. The van der Waals surface area contributed by atoms with E-state index in [2.05, 4.69) is 15.9 Å². The van der Waals surface area contributed by atoms with Gasteiger partial charge in [0.05, 0.1) is 18.0 Å². The Kier molecular flexibility index (Phi) is 4.62. The van der Waals surface area contributed by atoms with Crippen LogP contribution in [0.2, 0.25) is 0 Å². The van der Waals surface area contributed by atoms with Gasteiger partial charge in [-0.25, -0.2) is 0 Å².